The zero-order valence-electron chi connectivity index (χ0n) is 17.9. The Morgan fingerprint density at radius 1 is 1.10 bits per heavy atom. The first-order valence-corrected chi connectivity index (χ1v) is 11.9. The smallest absolute Gasteiger partial charge is 0.233 e. The van der Waals surface area contributed by atoms with Crippen molar-refractivity contribution >= 4 is 17.7 Å². The van der Waals surface area contributed by atoms with Crippen molar-refractivity contribution in [3.05, 3.63) is 60.4 Å². The first-order valence-electron chi connectivity index (χ1n) is 11.1. The van der Waals surface area contributed by atoms with Crippen molar-refractivity contribution in [2.75, 3.05) is 0 Å². The number of amides is 1. The third-order valence-corrected chi connectivity index (χ3v) is 6.75. The summed E-state index contributed by atoms with van der Waals surface area (Å²) >= 11 is 1.46. The number of nitrogens with zero attached hydrogens (tertiary/aromatic N) is 4. The quantitative estimate of drug-likeness (QED) is 0.430. The van der Waals surface area contributed by atoms with Gasteiger partial charge in [0.2, 0.25) is 5.91 Å². The van der Waals surface area contributed by atoms with Gasteiger partial charge in [-0.1, -0.05) is 67.8 Å². The highest BCUT2D eigenvalue weighted by Crippen LogP contribution is 2.28. The normalized spacial score (nSPS) is 15.9. The van der Waals surface area contributed by atoms with Crippen LogP contribution in [-0.4, -0.2) is 36.9 Å². The van der Waals surface area contributed by atoms with Crippen LogP contribution in [0, 0.1) is 0 Å². The van der Waals surface area contributed by atoms with Crippen LogP contribution in [0.2, 0.25) is 0 Å². The van der Waals surface area contributed by atoms with Crippen LogP contribution in [0.5, 0.6) is 0 Å². The lowest BCUT2D eigenvalue weighted by Crippen LogP contribution is -2.39. The summed E-state index contributed by atoms with van der Waals surface area (Å²) < 4.78 is 2.08. The number of carbonyl (C=O) groups is 1. The lowest BCUT2D eigenvalue weighted by atomic mass is 10.1. The molecule has 1 atom stereocenters. The van der Waals surface area contributed by atoms with Crippen LogP contribution < -0.4 is 5.32 Å². The second-order valence-electron chi connectivity index (χ2n) is 8.08. The molecule has 31 heavy (non-hydrogen) atoms. The molecule has 1 aliphatic carbocycles. The van der Waals surface area contributed by atoms with Crippen molar-refractivity contribution in [3.8, 4) is 11.4 Å². The number of thioether (sulfide) groups is 1. The van der Waals surface area contributed by atoms with Gasteiger partial charge in [0.1, 0.15) is 0 Å². The van der Waals surface area contributed by atoms with E-state index >= 15 is 0 Å². The minimum absolute atomic E-state index is 0.0779. The van der Waals surface area contributed by atoms with E-state index in [1.165, 1.54) is 37.4 Å². The van der Waals surface area contributed by atoms with Crippen LogP contribution in [0.25, 0.3) is 11.4 Å². The molecule has 0 spiro atoms. The van der Waals surface area contributed by atoms with Crippen molar-refractivity contribution in [1.82, 2.24) is 25.1 Å². The van der Waals surface area contributed by atoms with E-state index in [1.54, 1.807) is 12.4 Å². The van der Waals surface area contributed by atoms with Gasteiger partial charge in [0, 0.05) is 24.0 Å². The molecule has 7 heteroatoms. The standard InChI is InChI=1S/C24H29N5OS/c1-18(23(30)26-21-13-7-2-3-8-14-21)31-24-28-27-22(20-12-9-15-25-16-20)29(24)17-19-10-5-4-6-11-19/h4-6,9-12,15-16,18,21H,2-3,7-8,13-14,17H2,1H3,(H,26,30). The fraction of sp³-hybridized carbons (Fsp3) is 0.417. The average molecular weight is 436 g/mol. The topological polar surface area (TPSA) is 72.7 Å². The molecule has 4 rings (SSSR count). The molecule has 2 heterocycles. The Bertz CT molecular complexity index is 968. The lowest BCUT2D eigenvalue weighted by Gasteiger charge is -2.19. The van der Waals surface area contributed by atoms with Crippen LogP contribution >= 0.6 is 11.8 Å². The Hall–Kier alpha value is -2.67. The SMILES string of the molecule is CC(Sc1nnc(-c2cccnc2)n1Cc1ccccc1)C(=O)NC1CCCCCC1. The van der Waals surface area contributed by atoms with Crippen molar-refractivity contribution in [2.24, 2.45) is 0 Å². The van der Waals surface area contributed by atoms with Crippen molar-refractivity contribution in [1.29, 1.82) is 0 Å². The van der Waals surface area contributed by atoms with Crippen LogP contribution in [0.4, 0.5) is 0 Å². The van der Waals surface area contributed by atoms with Gasteiger partial charge in [0.15, 0.2) is 11.0 Å². The van der Waals surface area contributed by atoms with E-state index in [0.717, 1.165) is 34.9 Å². The molecule has 2 aromatic heterocycles. The molecule has 0 saturated heterocycles. The van der Waals surface area contributed by atoms with E-state index in [9.17, 15) is 4.79 Å². The summed E-state index contributed by atoms with van der Waals surface area (Å²) in [6.07, 6.45) is 10.7. The molecule has 0 bridgehead atoms. The van der Waals surface area contributed by atoms with Gasteiger partial charge in [-0.2, -0.15) is 0 Å². The van der Waals surface area contributed by atoms with Crippen molar-refractivity contribution in [2.45, 2.75) is 68.4 Å². The third-order valence-electron chi connectivity index (χ3n) is 5.67. The number of rotatable bonds is 7. The Labute approximate surface area is 187 Å². The van der Waals surface area contributed by atoms with Gasteiger partial charge in [0.25, 0.3) is 0 Å². The summed E-state index contributed by atoms with van der Waals surface area (Å²) in [7, 11) is 0. The Morgan fingerprint density at radius 3 is 2.58 bits per heavy atom. The molecule has 1 aromatic carbocycles. The van der Waals surface area contributed by atoms with Crippen LogP contribution in [0.1, 0.15) is 51.0 Å². The Morgan fingerprint density at radius 2 is 1.87 bits per heavy atom. The molecule has 3 aromatic rings. The number of benzene rings is 1. The molecular weight excluding hydrogens is 406 g/mol. The zero-order valence-corrected chi connectivity index (χ0v) is 18.7. The van der Waals surface area contributed by atoms with Gasteiger partial charge < -0.3 is 5.32 Å². The molecule has 1 saturated carbocycles. The molecule has 1 N–H and O–H groups in total. The largest absolute Gasteiger partial charge is 0.352 e. The van der Waals surface area contributed by atoms with Gasteiger partial charge in [0.05, 0.1) is 11.8 Å². The molecule has 1 aliphatic rings. The van der Waals surface area contributed by atoms with Gasteiger partial charge in [-0.05, 0) is 37.5 Å². The highest BCUT2D eigenvalue weighted by molar-refractivity contribution is 8.00. The van der Waals surface area contributed by atoms with E-state index in [2.05, 4.69) is 37.2 Å². The monoisotopic (exact) mass is 435 g/mol. The molecular formula is C24H29N5OS. The fourth-order valence-corrected chi connectivity index (χ4v) is 4.80. The number of nitrogens with one attached hydrogen (secondary N) is 1. The lowest BCUT2D eigenvalue weighted by molar-refractivity contribution is -0.121. The van der Waals surface area contributed by atoms with Crippen molar-refractivity contribution in [3.63, 3.8) is 0 Å². The van der Waals surface area contributed by atoms with Crippen molar-refractivity contribution < 1.29 is 4.79 Å². The molecule has 6 nitrogen and oxygen atoms in total. The highest BCUT2D eigenvalue weighted by atomic mass is 32.2. The summed E-state index contributed by atoms with van der Waals surface area (Å²) in [5.74, 6) is 0.838. The summed E-state index contributed by atoms with van der Waals surface area (Å²) in [4.78, 5) is 17.1. The van der Waals surface area contributed by atoms with Gasteiger partial charge in [-0.15, -0.1) is 10.2 Å². The molecule has 1 amide bonds. The molecule has 0 aliphatic heterocycles. The van der Waals surface area contributed by atoms with Gasteiger partial charge in [-0.3, -0.25) is 14.3 Å². The summed E-state index contributed by atoms with van der Waals surface area (Å²) in [6.45, 7) is 2.58. The maximum atomic E-state index is 12.9. The van der Waals surface area contributed by atoms with E-state index in [0.29, 0.717) is 12.6 Å². The van der Waals surface area contributed by atoms with Crippen LogP contribution in [0.3, 0.4) is 0 Å². The summed E-state index contributed by atoms with van der Waals surface area (Å²) in [6, 6.07) is 14.4. The van der Waals surface area contributed by atoms with Gasteiger partial charge >= 0.3 is 0 Å². The Balaban J connectivity index is 1.52. The van der Waals surface area contributed by atoms with E-state index in [4.69, 9.17) is 0 Å². The first kappa shape index (κ1) is 21.6. The first-order chi connectivity index (χ1) is 15.2. The number of hydrogen-bond donors (Lipinski definition) is 1. The summed E-state index contributed by atoms with van der Waals surface area (Å²) in [5.41, 5.74) is 2.07. The molecule has 0 radical (unpaired) electrons. The summed E-state index contributed by atoms with van der Waals surface area (Å²) in [5, 5.41) is 12.6. The fourth-order valence-electron chi connectivity index (χ4n) is 3.95. The molecule has 1 unspecified atom stereocenters. The zero-order chi connectivity index (χ0) is 21.5. The number of aromatic nitrogens is 4. The number of carbonyl (C=O) groups excluding carboxylic acids is 1. The second kappa shape index (κ2) is 10.6. The maximum absolute atomic E-state index is 12.9. The number of hydrogen-bond acceptors (Lipinski definition) is 5. The third kappa shape index (κ3) is 5.73. The predicted octanol–water partition coefficient (Wildman–Crippen LogP) is 4.71. The average Bonchev–Trinajstić information content (AvgIpc) is 3.00. The van der Waals surface area contributed by atoms with Crippen LogP contribution in [0.15, 0.2) is 60.0 Å². The number of pyridine rings is 1. The second-order valence-corrected chi connectivity index (χ2v) is 9.38. The predicted molar refractivity (Wildman–Crippen MR) is 124 cm³/mol. The minimum atomic E-state index is -0.247. The van der Waals surface area contributed by atoms with E-state index < -0.39 is 0 Å². The van der Waals surface area contributed by atoms with Gasteiger partial charge in [-0.25, -0.2) is 0 Å². The highest BCUT2D eigenvalue weighted by Gasteiger charge is 2.23. The minimum Gasteiger partial charge on any atom is -0.352 e. The molecule has 162 valence electrons. The maximum Gasteiger partial charge on any atom is 0.233 e. The van der Waals surface area contributed by atoms with E-state index in [1.807, 2.05) is 37.3 Å². The Kier molecular flexibility index (Phi) is 7.35. The van der Waals surface area contributed by atoms with E-state index in [-0.39, 0.29) is 11.2 Å². The molecule has 1 fully saturated rings. The van der Waals surface area contributed by atoms with Crippen LogP contribution in [-0.2, 0) is 11.3 Å².